The number of carbonyl (C=O) groups excluding carboxylic acids is 2. The summed E-state index contributed by atoms with van der Waals surface area (Å²) in [6.07, 6.45) is 0. The van der Waals surface area contributed by atoms with Gasteiger partial charge in [0.1, 0.15) is 5.60 Å². The van der Waals surface area contributed by atoms with Gasteiger partial charge in [-0.05, 0) is 44.9 Å². The zero-order valence-electron chi connectivity index (χ0n) is 19.0. The van der Waals surface area contributed by atoms with Crippen LogP contribution in [-0.4, -0.2) is 50.3 Å². The molecule has 0 radical (unpaired) electrons. The maximum atomic E-state index is 11.8. The third kappa shape index (κ3) is 6.50. The zero-order chi connectivity index (χ0) is 24.9. The molecule has 0 amide bonds. The summed E-state index contributed by atoms with van der Waals surface area (Å²) in [5.74, 6) is -2.35. The second-order valence-electron chi connectivity index (χ2n) is 7.99. The Kier molecular flexibility index (Phi) is 7.72. The van der Waals surface area contributed by atoms with Crippen LogP contribution in [0.2, 0.25) is 0 Å². The third-order valence-corrected chi connectivity index (χ3v) is 4.22. The monoisotopic (exact) mass is 458 g/mol. The van der Waals surface area contributed by atoms with Gasteiger partial charge in [0.15, 0.2) is 17.0 Å². The molecule has 2 aromatic heterocycles. The Bertz CT molecular complexity index is 1250. The van der Waals surface area contributed by atoms with Crippen LogP contribution in [0.5, 0.6) is 0 Å². The third-order valence-electron chi connectivity index (χ3n) is 4.22. The van der Waals surface area contributed by atoms with E-state index in [4.69, 9.17) is 15.6 Å². The molecule has 0 aliphatic carbocycles. The highest BCUT2D eigenvalue weighted by Gasteiger charge is 2.19. The Morgan fingerprint density at radius 3 is 2.33 bits per heavy atom. The number of methoxy groups -OCH3 is 1. The van der Waals surface area contributed by atoms with E-state index in [-0.39, 0.29) is 23.0 Å². The molecule has 2 heterocycles. The number of fused-ring (bicyclic) bond motifs is 1. The molecular weight excluding hydrogens is 432 g/mol. The predicted octanol–water partition coefficient (Wildman–Crippen LogP) is 1.92. The molecule has 11 heteroatoms. The fourth-order valence-corrected chi connectivity index (χ4v) is 2.78. The molecule has 3 aromatic rings. The van der Waals surface area contributed by atoms with Gasteiger partial charge in [-0.1, -0.05) is 12.1 Å². The van der Waals surface area contributed by atoms with Crippen molar-refractivity contribution in [2.45, 2.75) is 39.8 Å². The van der Waals surface area contributed by atoms with Gasteiger partial charge in [-0.3, -0.25) is 9.89 Å². The van der Waals surface area contributed by atoms with Crippen molar-refractivity contribution >= 4 is 23.6 Å². The molecule has 176 valence electrons. The molecule has 0 aliphatic heterocycles. The number of nitrogens with one attached hydrogen (secondary N) is 1. The van der Waals surface area contributed by atoms with Crippen LogP contribution in [0.4, 0.5) is 0 Å². The summed E-state index contributed by atoms with van der Waals surface area (Å²) in [6.45, 7) is 7.94. The number of aromatic amines is 1. The number of rotatable bonds is 4. The van der Waals surface area contributed by atoms with E-state index in [0.29, 0.717) is 12.1 Å². The number of aromatic carboxylic acids is 1. The topological polar surface area (TPSA) is 166 Å². The quantitative estimate of drug-likeness (QED) is 0.495. The summed E-state index contributed by atoms with van der Waals surface area (Å²) in [4.78, 5) is 48.9. The first-order valence-corrected chi connectivity index (χ1v) is 9.83. The second kappa shape index (κ2) is 10.1. The van der Waals surface area contributed by atoms with E-state index in [9.17, 15) is 19.2 Å². The number of carboxylic acid groups (broad SMARTS) is 1. The molecule has 11 nitrogen and oxygen atoms in total. The highest BCUT2D eigenvalue weighted by atomic mass is 16.6. The summed E-state index contributed by atoms with van der Waals surface area (Å²) in [7, 11) is 1.15. The lowest BCUT2D eigenvalue weighted by Crippen LogP contribution is -2.24. The van der Waals surface area contributed by atoms with Crippen LogP contribution in [0.25, 0.3) is 5.65 Å². The number of esters is 2. The lowest BCUT2D eigenvalue weighted by molar-refractivity contribution is 0.00683. The number of hydrogen-bond acceptors (Lipinski definition) is 8. The minimum Gasteiger partial charge on any atom is -0.477 e. The molecule has 0 bridgehead atoms. The first kappa shape index (κ1) is 25.3. The molecule has 33 heavy (non-hydrogen) atoms. The first-order valence-electron chi connectivity index (χ1n) is 9.83. The summed E-state index contributed by atoms with van der Waals surface area (Å²) in [5, 5.41) is 11.1. The number of ether oxygens (including phenoxy) is 2. The van der Waals surface area contributed by atoms with Gasteiger partial charge < -0.3 is 20.3 Å². The highest BCUT2D eigenvalue weighted by Crippen LogP contribution is 2.16. The molecule has 0 unspecified atom stereocenters. The van der Waals surface area contributed by atoms with Gasteiger partial charge in [0, 0.05) is 18.7 Å². The number of aryl methyl sites for hydroxylation is 1. The highest BCUT2D eigenvalue weighted by molar-refractivity contribution is 5.93. The molecule has 0 fully saturated rings. The van der Waals surface area contributed by atoms with Gasteiger partial charge in [0.25, 0.3) is 5.56 Å². The summed E-state index contributed by atoms with van der Waals surface area (Å²) < 4.78 is 10.9. The number of carbonyl (C=O) groups is 3. The number of aromatic nitrogens is 3. The van der Waals surface area contributed by atoms with Crippen LogP contribution in [0.1, 0.15) is 63.2 Å². The molecule has 0 spiro atoms. The Balaban J connectivity index is 0.000000234. The van der Waals surface area contributed by atoms with E-state index in [1.165, 1.54) is 0 Å². The number of nitrogens with two attached hydrogens (primary N) is 1. The van der Waals surface area contributed by atoms with Crippen molar-refractivity contribution in [3.8, 4) is 0 Å². The molecule has 0 atom stereocenters. The summed E-state index contributed by atoms with van der Waals surface area (Å²) >= 11 is 0. The van der Waals surface area contributed by atoms with Gasteiger partial charge in [-0.15, -0.1) is 0 Å². The van der Waals surface area contributed by atoms with Gasteiger partial charge in [-0.2, -0.15) is 0 Å². The first-order chi connectivity index (χ1) is 15.4. The standard InChI is InChI=1S/C13H19NO2.C9H7N3O5/c1-9-7-10(8-14)5-6-11(9)12(15)16-13(2,3)4;1-17-9(16)5-2-4(8(14)15)10-6-3-7(13)11-12(5)6/h5-7H,8,14H2,1-4H3;2-3H,1H3,(H,11,13)(H,14,15). The van der Waals surface area contributed by atoms with Crippen molar-refractivity contribution < 1.29 is 29.0 Å². The van der Waals surface area contributed by atoms with E-state index in [2.05, 4.69) is 14.8 Å². The maximum Gasteiger partial charge on any atom is 0.356 e. The van der Waals surface area contributed by atoms with Crippen LogP contribution < -0.4 is 11.3 Å². The average molecular weight is 458 g/mol. The van der Waals surface area contributed by atoms with Crippen molar-refractivity contribution in [1.82, 2.24) is 14.6 Å². The van der Waals surface area contributed by atoms with Gasteiger partial charge >= 0.3 is 17.9 Å². The fourth-order valence-electron chi connectivity index (χ4n) is 2.78. The lowest BCUT2D eigenvalue weighted by Gasteiger charge is -2.20. The van der Waals surface area contributed by atoms with Gasteiger partial charge in [0.05, 0.1) is 12.7 Å². The van der Waals surface area contributed by atoms with Crippen LogP contribution in [0, 0.1) is 6.92 Å². The number of hydrogen-bond donors (Lipinski definition) is 3. The fraction of sp³-hybridized carbons (Fsp3) is 0.318. The molecule has 0 saturated carbocycles. The van der Waals surface area contributed by atoms with E-state index >= 15 is 0 Å². The Hall–Kier alpha value is -3.99. The normalized spacial score (nSPS) is 10.8. The van der Waals surface area contributed by atoms with E-state index in [0.717, 1.165) is 34.9 Å². The number of benzene rings is 1. The SMILES string of the molecule is COC(=O)c1cc(C(=O)O)nc2cc(=O)[nH]n12.Cc1cc(CN)ccc1C(=O)OC(C)(C)C. The van der Waals surface area contributed by atoms with Gasteiger partial charge in [0.2, 0.25) is 0 Å². The largest absolute Gasteiger partial charge is 0.477 e. The van der Waals surface area contributed by atoms with Crippen molar-refractivity contribution in [1.29, 1.82) is 0 Å². The van der Waals surface area contributed by atoms with E-state index in [1.807, 2.05) is 39.8 Å². The Morgan fingerprint density at radius 2 is 1.82 bits per heavy atom. The van der Waals surface area contributed by atoms with E-state index in [1.54, 1.807) is 6.07 Å². The van der Waals surface area contributed by atoms with Crippen LogP contribution in [-0.2, 0) is 16.0 Å². The average Bonchev–Trinajstić information content (AvgIpc) is 3.11. The van der Waals surface area contributed by atoms with Crippen LogP contribution in [0.15, 0.2) is 35.1 Å². The second-order valence-corrected chi connectivity index (χ2v) is 7.99. The number of nitrogens with zero attached hydrogens (tertiary/aromatic N) is 2. The molecule has 4 N–H and O–H groups in total. The minimum absolute atomic E-state index is 0.0373. The van der Waals surface area contributed by atoms with Crippen LogP contribution in [0.3, 0.4) is 0 Å². The molecule has 0 aliphatic rings. The van der Waals surface area contributed by atoms with Crippen molar-refractivity contribution in [3.63, 3.8) is 0 Å². The number of carboxylic acids is 1. The maximum absolute atomic E-state index is 11.8. The summed E-state index contributed by atoms with van der Waals surface area (Å²) in [6, 6.07) is 7.65. The van der Waals surface area contributed by atoms with E-state index < -0.39 is 23.1 Å². The zero-order valence-corrected chi connectivity index (χ0v) is 19.0. The lowest BCUT2D eigenvalue weighted by atomic mass is 10.0. The minimum atomic E-state index is -1.30. The smallest absolute Gasteiger partial charge is 0.356 e. The van der Waals surface area contributed by atoms with Crippen molar-refractivity contribution in [3.05, 3.63) is 68.8 Å². The molecule has 0 saturated heterocycles. The van der Waals surface area contributed by atoms with Gasteiger partial charge in [-0.25, -0.2) is 23.9 Å². The summed E-state index contributed by atoms with van der Waals surface area (Å²) in [5.41, 5.74) is 6.68. The van der Waals surface area contributed by atoms with Crippen molar-refractivity contribution in [2.24, 2.45) is 5.73 Å². The molecule has 1 aromatic carbocycles. The van der Waals surface area contributed by atoms with Crippen molar-refractivity contribution in [2.75, 3.05) is 7.11 Å². The predicted molar refractivity (Wildman–Crippen MR) is 118 cm³/mol. The molecule has 3 rings (SSSR count). The Morgan fingerprint density at radius 1 is 1.15 bits per heavy atom. The Labute approximate surface area is 189 Å². The molecular formula is C22H26N4O7. The number of H-pyrrole nitrogens is 1. The van der Waals surface area contributed by atoms with Crippen LogP contribution >= 0.6 is 0 Å².